The molecule has 0 radical (unpaired) electrons. The largest absolute Gasteiger partial charge is 0.371 e. The van der Waals surface area contributed by atoms with Crippen LogP contribution in [0.2, 0.25) is 0 Å². The third-order valence-electron chi connectivity index (χ3n) is 10.2. The molecule has 4 unspecified atom stereocenters. The van der Waals surface area contributed by atoms with Crippen molar-refractivity contribution < 1.29 is 9.47 Å². The molecule has 0 spiro atoms. The maximum Gasteiger partial charge on any atom is 0.0699 e. The second-order valence-electron chi connectivity index (χ2n) is 14.8. The summed E-state index contributed by atoms with van der Waals surface area (Å²) in [7, 11) is 0. The Morgan fingerprint density at radius 1 is 0.562 bits per heavy atom. The van der Waals surface area contributed by atoms with E-state index in [1.807, 2.05) is 12.2 Å². The van der Waals surface area contributed by atoms with E-state index in [4.69, 9.17) is 9.47 Å². The van der Waals surface area contributed by atoms with Gasteiger partial charge in [-0.2, -0.15) is 0 Å². The van der Waals surface area contributed by atoms with E-state index in [2.05, 4.69) is 40.9 Å². The lowest BCUT2D eigenvalue weighted by Crippen LogP contribution is -2.59. The van der Waals surface area contributed by atoms with Gasteiger partial charge in [0.2, 0.25) is 0 Å². The van der Waals surface area contributed by atoms with Crippen LogP contribution in [0, 0.1) is 33.5 Å². The van der Waals surface area contributed by atoms with Crippen LogP contribution >= 0.6 is 0 Å². The van der Waals surface area contributed by atoms with Crippen molar-refractivity contribution in [2.75, 3.05) is 13.2 Å². The first kappa shape index (κ1) is 23.2. The van der Waals surface area contributed by atoms with Gasteiger partial charge in [-0.05, 0) is 111 Å². The Kier molecular flexibility index (Phi) is 5.39. The van der Waals surface area contributed by atoms with Crippen molar-refractivity contribution in [3.63, 3.8) is 0 Å². The van der Waals surface area contributed by atoms with Crippen LogP contribution in [0.15, 0.2) is 25.3 Å². The minimum atomic E-state index is 0.205. The van der Waals surface area contributed by atoms with Crippen LogP contribution in [-0.2, 0) is 9.47 Å². The number of hydrogen-bond donors (Lipinski definition) is 0. The molecule has 0 amide bonds. The summed E-state index contributed by atoms with van der Waals surface area (Å²) in [4.78, 5) is 0. The van der Waals surface area contributed by atoms with E-state index in [0.29, 0.717) is 21.7 Å². The van der Waals surface area contributed by atoms with Gasteiger partial charge in [0.15, 0.2) is 0 Å². The fourth-order valence-corrected chi connectivity index (χ4v) is 11.5. The van der Waals surface area contributed by atoms with Gasteiger partial charge < -0.3 is 9.47 Å². The maximum absolute atomic E-state index is 6.20. The van der Waals surface area contributed by atoms with Crippen molar-refractivity contribution in [2.24, 2.45) is 33.5 Å². The Morgan fingerprint density at radius 2 is 0.875 bits per heavy atom. The number of hydrogen-bond acceptors (Lipinski definition) is 2. The molecular formula is C30H48O2. The van der Waals surface area contributed by atoms with Crippen molar-refractivity contribution in [1.82, 2.24) is 0 Å². The van der Waals surface area contributed by atoms with Crippen LogP contribution in [0.5, 0.6) is 0 Å². The molecule has 0 N–H and O–H groups in total. The summed E-state index contributed by atoms with van der Waals surface area (Å²) in [6, 6.07) is 0. The quantitative estimate of drug-likeness (QED) is 0.391. The lowest BCUT2D eigenvalue weighted by atomic mass is 9.43. The van der Waals surface area contributed by atoms with E-state index < -0.39 is 0 Å². The Bertz CT molecular complexity index is 667. The lowest BCUT2D eigenvalue weighted by molar-refractivity contribution is -0.210. The zero-order valence-electron chi connectivity index (χ0n) is 21.4. The molecule has 8 bridgehead atoms. The van der Waals surface area contributed by atoms with E-state index in [9.17, 15) is 0 Å². The van der Waals surface area contributed by atoms with Crippen molar-refractivity contribution in [2.45, 2.75) is 116 Å². The summed E-state index contributed by atoms with van der Waals surface area (Å²) in [6.07, 6.45) is 20.2. The SMILES string of the molecule is C=CCOC12CC3CC(C)(CC(C)(C3)C1)C2.C=CCOC12CC3CC(C)(CC(C)(C3)C1)C2. The molecule has 8 saturated carbocycles. The van der Waals surface area contributed by atoms with Crippen LogP contribution in [0.1, 0.15) is 105 Å². The first-order valence-electron chi connectivity index (χ1n) is 13.4. The zero-order chi connectivity index (χ0) is 22.9. The van der Waals surface area contributed by atoms with Gasteiger partial charge in [-0.15, -0.1) is 13.2 Å². The zero-order valence-corrected chi connectivity index (χ0v) is 21.4. The Hall–Kier alpha value is -0.600. The highest BCUT2D eigenvalue weighted by atomic mass is 16.5. The Morgan fingerprint density at radius 3 is 1.12 bits per heavy atom. The molecule has 0 aromatic carbocycles. The average Bonchev–Trinajstić information content (AvgIpc) is 2.59. The van der Waals surface area contributed by atoms with Gasteiger partial charge >= 0.3 is 0 Å². The third-order valence-corrected chi connectivity index (χ3v) is 10.2. The predicted octanol–water partition coefficient (Wildman–Crippen LogP) is 7.88. The van der Waals surface area contributed by atoms with Crippen molar-refractivity contribution >= 4 is 0 Å². The molecule has 0 aromatic heterocycles. The van der Waals surface area contributed by atoms with Crippen molar-refractivity contribution in [3.8, 4) is 0 Å². The molecule has 0 heterocycles. The minimum absolute atomic E-state index is 0.205. The molecule has 8 fully saturated rings. The third kappa shape index (κ3) is 4.17. The van der Waals surface area contributed by atoms with E-state index in [0.717, 1.165) is 25.0 Å². The van der Waals surface area contributed by atoms with E-state index in [-0.39, 0.29) is 11.2 Å². The molecule has 180 valence electrons. The van der Waals surface area contributed by atoms with Crippen LogP contribution in [0.25, 0.3) is 0 Å². The molecule has 8 aliphatic carbocycles. The molecule has 2 heteroatoms. The molecule has 2 nitrogen and oxygen atoms in total. The predicted molar refractivity (Wildman–Crippen MR) is 133 cm³/mol. The topological polar surface area (TPSA) is 18.5 Å². The maximum atomic E-state index is 6.20. The first-order valence-corrected chi connectivity index (χ1v) is 13.4. The Labute approximate surface area is 197 Å². The average molecular weight is 441 g/mol. The lowest BCUT2D eigenvalue weighted by Gasteiger charge is -2.65. The normalized spacial score (nSPS) is 54.2. The molecule has 0 aliphatic heterocycles. The molecule has 8 rings (SSSR count). The van der Waals surface area contributed by atoms with Gasteiger partial charge in [-0.3, -0.25) is 0 Å². The van der Waals surface area contributed by atoms with Gasteiger partial charge in [0.05, 0.1) is 24.4 Å². The summed E-state index contributed by atoms with van der Waals surface area (Å²) in [5.74, 6) is 1.85. The van der Waals surface area contributed by atoms with Crippen LogP contribution in [0.3, 0.4) is 0 Å². The highest BCUT2D eigenvalue weighted by Gasteiger charge is 2.61. The van der Waals surface area contributed by atoms with E-state index in [1.165, 1.54) is 77.0 Å². The summed E-state index contributed by atoms with van der Waals surface area (Å²) in [5.41, 5.74) is 2.67. The van der Waals surface area contributed by atoms with Gasteiger partial charge in [0, 0.05) is 0 Å². The second-order valence-corrected chi connectivity index (χ2v) is 14.8. The van der Waals surface area contributed by atoms with Gasteiger partial charge in [-0.25, -0.2) is 0 Å². The first-order chi connectivity index (χ1) is 14.9. The minimum Gasteiger partial charge on any atom is -0.371 e. The van der Waals surface area contributed by atoms with Gasteiger partial charge in [-0.1, -0.05) is 39.8 Å². The fourth-order valence-electron chi connectivity index (χ4n) is 11.5. The summed E-state index contributed by atoms with van der Waals surface area (Å²) in [5, 5.41) is 0. The summed E-state index contributed by atoms with van der Waals surface area (Å²) < 4.78 is 12.4. The van der Waals surface area contributed by atoms with Gasteiger partial charge in [0.1, 0.15) is 0 Å². The second kappa shape index (κ2) is 7.45. The van der Waals surface area contributed by atoms with Crippen LogP contribution in [0.4, 0.5) is 0 Å². The smallest absolute Gasteiger partial charge is 0.0699 e. The molecular weight excluding hydrogens is 392 g/mol. The van der Waals surface area contributed by atoms with E-state index >= 15 is 0 Å². The Balaban J connectivity index is 0.000000135. The monoisotopic (exact) mass is 440 g/mol. The molecule has 4 atom stereocenters. The van der Waals surface area contributed by atoms with Crippen molar-refractivity contribution in [1.29, 1.82) is 0 Å². The molecule has 0 saturated heterocycles. The summed E-state index contributed by atoms with van der Waals surface area (Å²) in [6.45, 7) is 19.0. The molecule has 0 aromatic rings. The fraction of sp³-hybridized carbons (Fsp3) is 0.867. The van der Waals surface area contributed by atoms with E-state index in [1.54, 1.807) is 0 Å². The highest BCUT2D eigenvalue weighted by Crippen LogP contribution is 2.68. The standard InChI is InChI=1S/2C15H24O/c2*1-4-5-16-15-8-12-6-13(2,10-15)9-14(3,7-12)11-15/h2*4,12H,1,5-11H2,2-3H3. The number of rotatable bonds is 6. The van der Waals surface area contributed by atoms with Crippen molar-refractivity contribution in [3.05, 3.63) is 25.3 Å². The van der Waals surface area contributed by atoms with Crippen LogP contribution in [-0.4, -0.2) is 24.4 Å². The molecule has 8 aliphatic rings. The highest BCUT2D eigenvalue weighted by molar-refractivity contribution is 5.13. The van der Waals surface area contributed by atoms with Gasteiger partial charge in [0.25, 0.3) is 0 Å². The molecule has 32 heavy (non-hydrogen) atoms. The summed E-state index contributed by atoms with van der Waals surface area (Å²) >= 11 is 0. The van der Waals surface area contributed by atoms with Crippen LogP contribution < -0.4 is 0 Å². The number of ether oxygens (including phenoxy) is 2.